The van der Waals surface area contributed by atoms with Gasteiger partial charge in [-0.25, -0.2) is 4.39 Å². The molecule has 0 amide bonds. The predicted molar refractivity (Wildman–Crippen MR) is 76.6 cm³/mol. The van der Waals surface area contributed by atoms with Crippen LogP contribution in [0.4, 0.5) is 10.1 Å². The number of nitrogen functional groups attached to an aromatic ring is 1. The number of anilines is 1. The normalized spacial score (nSPS) is 10.8. The molecule has 0 saturated heterocycles. The van der Waals surface area contributed by atoms with Crippen molar-refractivity contribution in [3.05, 3.63) is 59.5 Å². The van der Waals surface area contributed by atoms with Crippen LogP contribution in [0.15, 0.2) is 48.7 Å². The fourth-order valence-corrected chi connectivity index (χ4v) is 2.29. The molecule has 0 spiro atoms. The Labute approximate surface area is 114 Å². The zero-order valence-corrected chi connectivity index (χ0v) is 10.7. The second kappa shape index (κ2) is 4.52. The summed E-state index contributed by atoms with van der Waals surface area (Å²) in [5.41, 5.74) is 9.03. The van der Waals surface area contributed by atoms with Crippen LogP contribution in [-0.4, -0.2) is 4.98 Å². The van der Waals surface area contributed by atoms with Crippen molar-refractivity contribution in [1.82, 2.24) is 4.98 Å². The van der Waals surface area contributed by atoms with Gasteiger partial charge in [0, 0.05) is 16.0 Å². The third-order valence-electron chi connectivity index (χ3n) is 2.99. The maximum absolute atomic E-state index is 13.0. The molecule has 2 N–H and O–H groups in total. The van der Waals surface area contributed by atoms with Crippen LogP contribution >= 0.6 is 11.6 Å². The van der Waals surface area contributed by atoms with E-state index >= 15 is 0 Å². The number of nitrogens with two attached hydrogens (primary N) is 1. The van der Waals surface area contributed by atoms with E-state index in [0.29, 0.717) is 10.7 Å². The number of halogens is 2. The van der Waals surface area contributed by atoms with E-state index in [-0.39, 0.29) is 5.82 Å². The van der Waals surface area contributed by atoms with Gasteiger partial charge >= 0.3 is 0 Å². The Kier molecular flexibility index (Phi) is 2.84. The summed E-state index contributed by atoms with van der Waals surface area (Å²) in [6.07, 6.45) is 1.59. The lowest BCUT2D eigenvalue weighted by molar-refractivity contribution is 0.628. The first-order chi connectivity index (χ1) is 9.15. The Hall–Kier alpha value is -2.13. The minimum atomic E-state index is -0.274. The third-order valence-corrected chi connectivity index (χ3v) is 3.23. The molecular weight excluding hydrogens is 263 g/mol. The lowest BCUT2D eigenvalue weighted by atomic mass is 10.00. The van der Waals surface area contributed by atoms with Crippen LogP contribution < -0.4 is 5.73 Å². The molecule has 2 nitrogen and oxygen atoms in total. The van der Waals surface area contributed by atoms with Crippen molar-refractivity contribution >= 4 is 28.2 Å². The number of benzene rings is 2. The molecule has 3 rings (SSSR count). The second-order valence-corrected chi connectivity index (χ2v) is 4.69. The molecule has 0 fully saturated rings. The van der Waals surface area contributed by atoms with Crippen molar-refractivity contribution in [2.45, 2.75) is 0 Å². The van der Waals surface area contributed by atoms with Gasteiger partial charge in [0.15, 0.2) is 0 Å². The summed E-state index contributed by atoms with van der Waals surface area (Å²) >= 11 is 5.96. The van der Waals surface area contributed by atoms with Gasteiger partial charge in [-0.1, -0.05) is 29.8 Å². The molecule has 0 aliphatic heterocycles. The van der Waals surface area contributed by atoms with Crippen molar-refractivity contribution in [2.24, 2.45) is 0 Å². The van der Waals surface area contributed by atoms with Crippen molar-refractivity contribution < 1.29 is 4.39 Å². The highest BCUT2D eigenvalue weighted by Crippen LogP contribution is 2.33. The molecule has 0 aliphatic carbocycles. The number of fused-ring (bicyclic) bond motifs is 1. The standard InChI is InChI=1S/C15H10ClFN2/c16-10-3-6-12-14(7-10)19-8-13(18)15(12)9-1-4-11(17)5-2-9/h1-8H,18H2. The van der Waals surface area contributed by atoms with Gasteiger partial charge in [-0.3, -0.25) is 4.98 Å². The molecule has 2 aromatic carbocycles. The molecule has 4 heteroatoms. The van der Waals surface area contributed by atoms with Gasteiger partial charge in [-0.05, 0) is 29.8 Å². The molecular formula is C15H10ClFN2. The molecule has 19 heavy (non-hydrogen) atoms. The molecule has 1 aromatic heterocycles. The Morgan fingerprint density at radius 1 is 1.05 bits per heavy atom. The van der Waals surface area contributed by atoms with E-state index in [1.54, 1.807) is 30.5 Å². The molecule has 3 aromatic rings. The first-order valence-corrected chi connectivity index (χ1v) is 6.12. The average molecular weight is 273 g/mol. The Balaban J connectivity index is 2.32. The molecule has 0 atom stereocenters. The van der Waals surface area contributed by atoms with Crippen molar-refractivity contribution in [1.29, 1.82) is 0 Å². The van der Waals surface area contributed by atoms with Crippen LogP contribution in [0.2, 0.25) is 5.02 Å². The zero-order chi connectivity index (χ0) is 13.4. The summed E-state index contributed by atoms with van der Waals surface area (Å²) in [5, 5.41) is 1.52. The SMILES string of the molecule is Nc1cnc2cc(Cl)ccc2c1-c1ccc(F)cc1. The van der Waals surface area contributed by atoms with E-state index in [4.69, 9.17) is 17.3 Å². The quantitative estimate of drug-likeness (QED) is 0.718. The van der Waals surface area contributed by atoms with E-state index in [0.717, 1.165) is 22.0 Å². The molecule has 0 unspecified atom stereocenters. The smallest absolute Gasteiger partial charge is 0.123 e. The topological polar surface area (TPSA) is 38.9 Å². The Morgan fingerprint density at radius 2 is 1.79 bits per heavy atom. The van der Waals surface area contributed by atoms with Crippen LogP contribution in [0, 0.1) is 5.82 Å². The van der Waals surface area contributed by atoms with Crippen molar-refractivity contribution in [3.63, 3.8) is 0 Å². The van der Waals surface area contributed by atoms with Crippen LogP contribution in [0.3, 0.4) is 0 Å². The van der Waals surface area contributed by atoms with Gasteiger partial charge in [0.1, 0.15) is 5.82 Å². The monoisotopic (exact) mass is 272 g/mol. The molecule has 1 heterocycles. The maximum atomic E-state index is 13.0. The van der Waals surface area contributed by atoms with Crippen LogP contribution in [0.25, 0.3) is 22.0 Å². The van der Waals surface area contributed by atoms with Gasteiger partial charge in [-0.2, -0.15) is 0 Å². The van der Waals surface area contributed by atoms with Crippen molar-refractivity contribution in [2.75, 3.05) is 5.73 Å². The Bertz CT molecular complexity index is 754. The summed E-state index contributed by atoms with van der Waals surface area (Å²) in [6.45, 7) is 0. The van der Waals surface area contributed by atoms with Gasteiger partial charge in [-0.15, -0.1) is 0 Å². The van der Waals surface area contributed by atoms with Gasteiger partial charge in [0.25, 0.3) is 0 Å². The number of hydrogen-bond donors (Lipinski definition) is 1. The maximum Gasteiger partial charge on any atom is 0.123 e. The first kappa shape index (κ1) is 11.9. The van der Waals surface area contributed by atoms with Gasteiger partial charge in [0.05, 0.1) is 17.4 Å². The third kappa shape index (κ3) is 2.13. The summed E-state index contributed by atoms with van der Waals surface area (Å²) in [4.78, 5) is 4.26. The minimum Gasteiger partial charge on any atom is -0.397 e. The fourth-order valence-electron chi connectivity index (χ4n) is 2.12. The first-order valence-electron chi connectivity index (χ1n) is 5.75. The molecule has 0 radical (unpaired) electrons. The van der Waals surface area contributed by atoms with Crippen LogP contribution in [0.5, 0.6) is 0 Å². The number of rotatable bonds is 1. The van der Waals surface area contributed by atoms with Crippen LogP contribution in [0.1, 0.15) is 0 Å². The highest BCUT2D eigenvalue weighted by Gasteiger charge is 2.09. The summed E-state index contributed by atoms with van der Waals surface area (Å²) in [5.74, 6) is -0.274. The summed E-state index contributed by atoms with van der Waals surface area (Å²) in [7, 11) is 0. The summed E-state index contributed by atoms with van der Waals surface area (Å²) < 4.78 is 13.0. The van der Waals surface area contributed by atoms with Crippen LogP contribution in [-0.2, 0) is 0 Å². The lowest BCUT2D eigenvalue weighted by Gasteiger charge is -2.10. The summed E-state index contributed by atoms with van der Waals surface area (Å²) in [6, 6.07) is 11.7. The van der Waals surface area contributed by atoms with E-state index in [9.17, 15) is 4.39 Å². The van der Waals surface area contributed by atoms with E-state index in [1.165, 1.54) is 12.1 Å². The van der Waals surface area contributed by atoms with E-state index in [1.807, 2.05) is 6.07 Å². The van der Waals surface area contributed by atoms with Gasteiger partial charge < -0.3 is 5.73 Å². The fraction of sp³-hybridized carbons (Fsp3) is 0. The average Bonchev–Trinajstić information content (AvgIpc) is 2.40. The Morgan fingerprint density at radius 3 is 2.53 bits per heavy atom. The van der Waals surface area contributed by atoms with E-state index in [2.05, 4.69) is 4.98 Å². The highest BCUT2D eigenvalue weighted by atomic mass is 35.5. The predicted octanol–water partition coefficient (Wildman–Crippen LogP) is 4.28. The largest absolute Gasteiger partial charge is 0.397 e. The minimum absolute atomic E-state index is 0.274. The molecule has 0 bridgehead atoms. The molecule has 0 aliphatic rings. The second-order valence-electron chi connectivity index (χ2n) is 4.26. The highest BCUT2D eigenvalue weighted by molar-refractivity contribution is 6.31. The number of hydrogen-bond acceptors (Lipinski definition) is 2. The molecule has 0 saturated carbocycles. The zero-order valence-electron chi connectivity index (χ0n) is 9.90. The van der Waals surface area contributed by atoms with Gasteiger partial charge in [0.2, 0.25) is 0 Å². The van der Waals surface area contributed by atoms with E-state index < -0.39 is 0 Å². The number of aromatic nitrogens is 1. The molecule has 94 valence electrons. The van der Waals surface area contributed by atoms with Crippen molar-refractivity contribution in [3.8, 4) is 11.1 Å². The lowest BCUT2D eigenvalue weighted by Crippen LogP contribution is -1.94. The number of nitrogens with zero attached hydrogens (tertiary/aromatic N) is 1. The number of pyridine rings is 1.